The lowest BCUT2D eigenvalue weighted by atomic mass is 10.1. The van der Waals surface area contributed by atoms with Crippen LogP contribution in [0.2, 0.25) is 0 Å². The molecule has 0 N–H and O–H groups in total. The maximum atomic E-state index is 12.3. The number of carbonyl (C=O) groups excluding carboxylic acids is 1. The number of benzene rings is 1. The van der Waals surface area contributed by atoms with E-state index in [2.05, 4.69) is 11.8 Å². The zero-order valence-corrected chi connectivity index (χ0v) is 11.8. The molecule has 0 saturated carbocycles. The fourth-order valence-electron chi connectivity index (χ4n) is 2.31. The van der Waals surface area contributed by atoms with Crippen molar-refractivity contribution in [3.63, 3.8) is 0 Å². The highest BCUT2D eigenvalue weighted by Gasteiger charge is 2.21. The van der Waals surface area contributed by atoms with E-state index in [1.165, 1.54) is 0 Å². The van der Waals surface area contributed by atoms with Crippen molar-refractivity contribution in [1.82, 2.24) is 9.80 Å². The molecule has 2 rings (SSSR count). The zero-order chi connectivity index (χ0) is 13.7. The van der Waals surface area contributed by atoms with Gasteiger partial charge in [-0.25, -0.2) is 0 Å². The summed E-state index contributed by atoms with van der Waals surface area (Å²) in [4.78, 5) is 16.6. The zero-order valence-electron chi connectivity index (χ0n) is 11.8. The number of piperazine rings is 1. The minimum absolute atomic E-state index is 0.124. The fourth-order valence-corrected chi connectivity index (χ4v) is 2.31. The van der Waals surface area contributed by atoms with E-state index < -0.39 is 0 Å². The third kappa shape index (κ3) is 3.47. The number of amides is 1. The normalized spacial score (nSPS) is 16.4. The van der Waals surface area contributed by atoms with E-state index in [0.717, 1.165) is 44.0 Å². The molecule has 1 aliphatic heterocycles. The molecule has 1 aromatic rings. The van der Waals surface area contributed by atoms with Gasteiger partial charge in [-0.05, 0) is 37.7 Å². The van der Waals surface area contributed by atoms with Crippen LogP contribution in [0.25, 0.3) is 0 Å². The summed E-state index contributed by atoms with van der Waals surface area (Å²) in [5.41, 5.74) is 0.744. The van der Waals surface area contributed by atoms with Crippen LogP contribution in [-0.2, 0) is 0 Å². The van der Waals surface area contributed by atoms with Crippen LogP contribution in [0.1, 0.15) is 24.2 Å². The molecule has 0 unspecified atom stereocenters. The predicted octanol–water partition coefficient (Wildman–Crippen LogP) is 1.86. The molecule has 1 fully saturated rings. The standard InChI is InChI=1S/C15H22N2O2/c1-3-16-9-11-17(12-10-16)15(18)13-5-7-14(8-6-13)19-4-2/h5-8H,3-4,9-12H2,1-2H3. The van der Waals surface area contributed by atoms with Crippen molar-refractivity contribution in [3.05, 3.63) is 29.8 Å². The average molecular weight is 262 g/mol. The van der Waals surface area contributed by atoms with E-state index in [0.29, 0.717) is 6.61 Å². The molecule has 0 radical (unpaired) electrons. The lowest BCUT2D eigenvalue weighted by Gasteiger charge is -2.34. The summed E-state index contributed by atoms with van der Waals surface area (Å²) < 4.78 is 5.38. The van der Waals surface area contributed by atoms with Gasteiger partial charge in [0.05, 0.1) is 6.61 Å². The summed E-state index contributed by atoms with van der Waals surface area (Å²) in [6, 6.07) is 7.41. The Labute approximate surface area is 115 Å². The van der Waals surface area contributed by atoms with Crippen LogP contribution in [0.3, 0.4) is 0 Å². The van der Waals surface area contributed by atoms with Gasteiger partial charge in [0.25, 0.3) is 5.91 Å². The van der Waals surface area contributed by atoms with E-state index in [1.807, 2.05) is 36.1 Å². The van der Waals surface area contributed by atoms with E-state index in [-0.39, 0.29) is 5.91 Å². The summed E-state index contributed by atoms with van der Waals surface area (Å²) >= 11 is 0. The average Bonchev–Trinajstić information content (AvgIpc) is 2.48. The number of rotatable bonds is 4. The Hall–Kier alpha value is -1.55. The molecule has 0 spiro atoms. The molecule has 0 atom stereocenters. The van der Waals surface area contributed by atoms with Crippen molar-refractivity contribution >= 4 is 5.91 Å². The van der Waals surface area contributed by atoms with Crippen LogP contribution >= 0.6 is 0 Å². The van der Waals surface area contributed by atoms with Crippen LogP contribution in [-0.4, -0.2) is 55.0 Å². The van der Waals surface area contributed by atoms with Crippen molar-refractivity contribution in [1.29, 1.82) is 0 Å². The van der Waals surface area contributed by atoms with Gasteiger partial charge in [-0.15, -0.1) is 0 Å². The van der Waals surface area contributed by atoms with Crippen molar-refractivity contribution in [3.8, 4) is 5.75 Å². The van der Waals surface area contributed by atoms with Gasteiger partial charge in [-0.3, -0.25) is 4.79 Å². The van der Waals surface area contributed by atoms with Gasteiger partial charge in [0.2, 0.25) is 0 Å². The molecule has 0 aliphatic carbocycles. The molecule has 19 heavy (non-hydrogen) atoms. The topological polar surface area (TPSA) is 32.8 Å². The Bertz CT molecular complexity index is 409. The van der Waals surface area contributed by atoms with Gasteiger partial charge in [0.1, 0.15) is 5.75 Å². The Kier molecular flexibility index (Phi) is 4.80. The van der Waals surface area contributed by atoms with Gasteiger partial charge in [0, 0.05) is 31.7 Å². The number of likely N-dealkylation sites (N-methyl/N-ethyl adjacent to an activating group) is 1. The molecule has 1 amide bonds. The first-order valence-electron chi connectivity index (χ1n) is 6.99. The monoisotopic (exact) mass is 262 g/mol. The van der Waals surface area contributed by atoms with Gasteiger partial charge in [-0.2, -0.15) is 0 Å². The number of carbonyl (C=O) groups is 1. The molecular weight excluding hydrogens is 240 g/mol. The number of hydrogen-bond donors (Lipinski definition) is 0. The molecule has 1 saturated heterocycles. The van der Waals surface area contributed by atoms with E-state index >= 15 is 0 Å². The minimum atomic E-state index is 0.124. The molecule has 1 aromatic carbocycles. The summed E-state index contributed by atoms with van der Waals surface area (Å²) in [5.74, 6) is 0.939. The lowest BCUT2D eigenvalue weighted by molar-refractivity contribution is 0.0643. The first-order valence-corrected chi connectivity index (χ1v) is 6.99. The summed E-state index contributed by atoms with van der Waals surface area (Å²) in [7, 11) is 0. The first-order chi connectivity index (χ1) is 9.24. The van der Waals surface area contributed by atoms with Gasteiger partial charge in [0.15, 0.2) is 0 Å². The minimum Gasteiger partial charge on any atom is -0.494 e. The number of ether oxygens (including phenoxy) is 1. The van der Waals surface area contributed by atoms with Crippen LogP contribution in [0.15, 0.2) is 24.3 Å². The Morgan fingerprint density at radius 3 is 2.26 bits per heavy atom. The first kappa shape index (κ1) is 13.9. The second kappa shape index (κ2) is 6.57. The van der Waals surface area contributed by atoms with Crippen molar-refractivity contribution < 1.29 is 9.53 Å². The molecule has 104 valence electrons. The summed E-state index contributed by atoms with van der Waals surface area (Å²) in [6.07, 6.45) is 0. The Morgan fingerprint density at radius 1 is 1.11 bits per heavy atom. The SMILES string of the molecule is CCOc1ccc(C(=O)N2CCN(CC)CC2)cc1. The molecule has 4 nitrogen and oxygen atoms in total. The molecule has 1 aliphatic rings. The highest BCUT2D eigenvalue weighted by atomic mass is 16.5. The fraction of sp³-hybridized carbons (Fsp3) is 0.533. The quantitative estimate of drug-likeness (QED) is 0.830. The Balaban J connectivity index is 1.96. The molecule has 1 heterocycles. The molecule has 0 bridgehead atoms. The Morgan fingerprint density at radius 2 is 1.74 bits per heavy atom. The largest absolute Gasteiger partial charge is 0.494 e. The third-order valence-electron chi connectivity index (χ3n) is 3.52. The predicted molar refractivity (Wildman–Crippen MR) is 75.6 cm³/mol. The third-order valence-corrected chi connectivity index (χ3v) is 3.52. The second-order valence-electron chi connectivity index (χ2n) is 4.68. The van der Waals surface area contributed by atoms with E-state index in [9.17, 15) is 4.79 Å². The maximum Gasteiger partial charge on any atom is 0.253 e. The van der Waals surface area contributed by atoms with Crippen LogP contribution in [0, 0.1) is 0 Å². The van der Waals surface area contributed by atoms with Gasteiger partial charge < -0.3 is 14.5 Å². The number of hydrogen-bond acceptors (Lipinski definition) is 3. The van der Waals surface area contributed by atoms with Crippen molar-refractivity contribution in [2.24, 2.45) is 0 Å². The molecule has 0 aromatic heterocycles. The van der Waals surface area contributed by atoms with E-state index in [4.69, 9.17) is 4.74 Å². The summed E-state index contributed by atoms with van der Waals surface area (Å²) in [6.45, 7) is 9.39. The van der Waals surface area contributed by atoms with Gasteiger partial charge in [-0.1, -0.05) is 6.92 Å². The highest BCUT2D eigenvalue weighted by Crippen LogP contribution is 2.14. The van der Waals surface area contributed by atoms with E-state index in [1.54, 1.807) is 0 Å². The smallest absolute Gasteiger partial charge is 0.253 e. The van der Waals surface area contributed by atoms with Crippen LogP contribution in [0.5, 0.6) is 5.75 Å². The lowest BCUT2D eigenvalue weighted by Crippen LogP contribution is -2.48. The second-order valence-corrected chi connectivity index (χ2v) is 4.68. The van der Waals surface area contributed by atoms with Crippen molar-refractivity contribution in [2.45, 2.75) is 13.8 Å². The van der Waals surface area contributed by atoms with Crippen LogP contribution < -0.4 is 4.74 Å². The van der Waals surface area contributed by atoms with Crippen LogP contribution in [0.4, 0.5) is 0 Å². The molecule has 4 heteroatoms. The van der Waals surface area contributed by atoms with Crippen molar-refractivity contribution in [2.75, 3.05) is 39.3 Å². The number of nitrogens with zero attached hydrogens (tertiary/aromatic N) is 2. The highest BCUT2D eigenvalue weighted by molar-refractivity contribution is 5.94. The van der Waals surface area contributed by atoms with Gasteiger partial charge >= 0.3 is 0 Å². The maximum absolute atomic E-state index is 12.3. The molecular formula is C15H22N2O2. The summed E-state index contributed by atoms with van der Waals surface area (Å²) in [5, 5.41) is 0.